The lowest BCUT2D eigenvalue weighted by atomic mass is 10.1. The van der Waals surface area contributed by atoms with Crippen LogP contribution in [0.3, 0.4) is 0 Å². The first kappa shape index (κ1) is 24.3. The van der Waals surface area contributed by atoms with Crippen LogP contribution in [0.2, 0.25) is 0 Å². The summed E-state index contributed by atoms with van der Waals surface area (Å²) in [6, 6.07) is 13.9. The molecule has 0 saturated heterocycles. The maximum absolute atomic E-state index is 13.3. The lowest BCUT2D eigenvalue weighted by molar-refractivity contribution is 0.0689. The molecule has 3 aromatic carbocycles. The van der Waals surface area contributed by atoms with Crippen LogP contribution in [0.15, 0.2) is 65.6 Å². The maximum atomic E-state index is 13.3. The predicted octanol–water partition coefficient (Wildman–Crippen LogP) is 4.38. The first-order chi connectivity index (χ1) is 16.7. The van der Waals surface area contributed by atoms with E-state index in [0.717, 1.165) is 24.3 Å². The Morgan fingerprint density at radius 1 is 1.00 bits per heavy atom. The number of methoxy groups -OCH3 is 1. The van der Waals surface area contributed by atoms with Crippen molar-refractivity contribution in [1.82, 2.24) is 4.90 Å². The molecule has 0 bridgehead atoms. The fourth-order valence-electron chi connectivity index (χ4n) is 3.53. The SMILES string of the molecule is COc1ccc(CN(C(=O)c2ccc3c(c2)OCO3)C(C)C)cc1OS(=O)(=O)c1ccc(F)cc1. The minimum absolute atomic E-state index is 0.0476. The van der Waals surface area contributed by atoms with Gasteiger partial charge < -0.3 is 23.3 Å². The van der Waals surface area contributed by atoms with Crippen LogP contribution in [0.4, 0.5) is 4.39 Å². The molecule has 184 valence electrons. The highest BCUT2D eigenvalue weighted by Crippen LogP contribution is 2.34. The molecule has 10 heteroatoms. The van der Waals surface area contributed by atoms with E-state index in [1.54, 1.807) is 35.2 Å². The van der Waals surface area contributed by atoms with Crippen molar-refractivity contribution in [3.8, 4) is 23.0 Å². The zero-order valence-corrected chi connectivity index (χ0v) is 20.2. The van der Waals surface area contributed by atoms with Crippen LogP contribution in [0.5, 0.6) is 23.0 Å². The van der Waals surface area contributed by atoms with E-state index in [1.165, 1.54) is 13.2 Å². The minimum atomic E-state index is -4.24. The number of ether oxygens (including phenoxy) is 3. The normalized spacial score (nSPS) is 12.5. The van der Waals surface area contributed by atoms with Gasteiger partial charge in [-0.25, -0.2) is 4.39 Å². The van der Waals surface area contributed by atoms with Crippen LogP contribution < -0.4 is 18.4 Å². The molecule has 0 radical (unpaired) electrons. The summed E-state index contributed by atoms with van der Waals surface area (Å²) in [6.45, 7) is 4.05. The molecule has 0 spiro atoms. The van der Waals surface area contributed by atoms with E-state index in [2.05, 4.69) is 0 Å². The van der Waals surface area contributed by atoms with Crippen LogP contribution in [-0.4, -0.2) is 39.2 Å². The number of carbonyl (C=O) groups excluding carboxylic acids is 1. The van der Waals surface area contributed by atoms with Gasteiger partial charge in [0.1, 0.15) is 10.7 Å². The Balaban J connectivity index is 1.59. The van der Waals surface area contributed by atoms with Crippen LogP contribution >= 0.6 is 0 Å². The molecule has 1 heterocycles. The summed E-state index contributed by atoms with van der Waals surface area (Å²) < 4.78 is 59.9. The van der Waals surface area contributed by atoms with E-state index in [-0.39, 0.29) is 41.7 Å². The standard InChI is InChI=1S/C25H24FNO7S/c1-16(2)27(25(28)18-5-11-22-23(13-18)33-15-32-22)14-17-4-10-21(31-3)24(12-17)34-35(29,30)20-8-6-19(26)7-9-20/h4-13,16H,14-15H2,1-3H3. The van der Waals surface area contributed by atoms with Gasteiger partial charge in [-0.05, 0) is 74.0 Å². The zero-order chi connectivity index (χ0) is 25.2. The highest BCUT2D eigenvalue weighted by Gasteiger charge is 2.24. The van der Waals surface area contributed by atoms with Gasteiger partial charge in [-0.2, -0.15) is 8.42 Å². The summed E-state index contributed by atoms with van der Waals surface area (Å²) in [5.74, 6) is 0.439. The van der Waals surface area contributed by atoms with Gasteiger partial charge in [0, 0.05) is 18.2 Å². The average molecular weight is 502 g/mol. The molecule has 35 heavy (non-hydrogen) atoms. The third kappa shape index (κ3) is 5.32. The number of fused-ring (bicyclic) bond motifs is 1. The molecule has 3 aromatic rings. The largest absolute Gasteiger partial charge is 0.493 e. The topological polar surface area (TPSA) is 91.4 Å². The molecule has 1 amide bonds. The second-order valence-corrected chi connectivity index (χ2v) is 9.62. The Morgan fingerprint density at radius 2 is 1.71 bits per heavy atom. The van der Waals surface area contributed by atoms with Crippen molar-refractivity contribution in [2.24, 2.45) is 0 Å². The van der Waals surface area contributed by atoms with Crippen molar-refractivity contribution in [3.63, 3.8) is 0 Å². The molecule has 0 aliphatic carbocycles. The Labute approximate surface area is 202 Å². The number of hydrogen-bond donors (Lipinski definition) is 0. The monoisotopic (exact) mass is 501 g/mol. The first-order valence-electron chi connectivity index (χ1n) is 10.8. The molecule has 0 N–H and O–H groups in total. The molecule has 8 nitrogen and oxygen atoms in total. The molecule has 0 fully saturated rings. The number of amides is 1. The van der Waals surface area contributed by atoms with Crippen LogP contribution in [0, 0.1) is 5.82 Å². The first-order valence-corrected chi connectivity index (χ1v) is 12.2. The molecule has 0 atom stereocenters. The summed E-state index contributed by atoms with van der Waals surface area (Å²) >= 11 is 0. The zero-order valence-electron chi connectivity index (χ0n) is 19.4. The summed E-state index contributed by atoms with van der Waals surface area (Å²) in [6.07, 6.45) is 0. The number of halogens is 1. The van der Waals surface area contributed by atoms with Crippen molar-refractivity contribution in [1.29, 1.82) is 0 Å². The fraction of sp³-hybridized carbons (Fsp3) is 0.240. The second-order valence-electron chi connectivity index (χ2n) is 8.07. The Morgan fingerprint density at radius 3 is 2.40 bits per heavy atom. The highest BCUT2D eigenvalue weighted by molar-refractivity contribution is 7.87. The van der Waals surface area contributed by atoms with E-state index in [9.17, 15) is 17.6 Å². The Hall–Kier alpha value is -3.79. The second kappa shape index (κ2) is 9.83. The van der Waals surface area contributed by atoms with Gasteiger partial charge >= 0.3 is 10.1 Å². The van der Waals surface area contributed by atoms with Gasteiger partial charge in [-0.3, -0.25) is 4.79 Å². The van der Waals surface area contributed by atoms with E-state index in [1.807, 2.05) is 13.8 Å². The van der Waals surface area contributed by atoms with Gasteiger partial charge in [0.05, 0.1) is 7.11 Å². The molecule has 0 saturated carbocycles. The molecule has 1 aliphatic heterocycles. The third-order valence-electron chi connectivity index (χ3n) is 5.39. The fourth-order valence-corrected chi connectivity index (χ4v) is 4.47. The molecular formula is C25H24FNO7S. The summed E-state index contributed by atoms with van der Waals surface area (Å²) in [5, 5.41) is 0. The van der Waals surface area contributed by atoms with Crippen molar-refractivity contribution >= 4 is 16.0 Å². The smallest absolute Gasteiger partial charge is 0.339 e. The number of hydrogen-bond acceptors (Lipinski definition) is 7. The summed E-state index contributed by atoms with van der Waals surface area (Å²) in [7, 11) is -2.86. The Bertz CT molecular complexity index is 1340. The third-order valence-corrected chi connectivity index (χ3v) is 6.63. The summed E-state index contributed by atoms with van der Waals surface area (Å²) in [5.41, 5.74) is 1.06. The van der Waals surface area contributed by atoms with Crippen molar-refractivity contribution in [2.45, 2.75) is 31.3 Å². The molecule has 0 aromatic heterocycles. The highest BCUT2D eigenvalue weighted by atomic mass is 32.2. The van der Waals surface area contributed by atoms with Crippen molar-refractivity contribution in [2.75, 3.05) is 13.9 Å². The van der Waals surface area contributed by atoms with Crippen LogP contribution in [0.1, 0.15) is 29.8 Å². The quantitative estimate of drug-likeness (QED) is 0.423. The van der Waals surface area contributed by atoms with Crippen LogP contribution in [-0.2, 0) is 16.7 Å². The van der Waals surface area contributed by atoms with E-state index in [4.69, 9.17) is 18.4 Å². The van der Waals surface area contributed by atoms with Gasteiger partial charge in [0.2, 0.25) is 6.79 Å². The average Bonchev–Trinajstić information content (AvgIpc) is 3.30. The van der Waals surface area contributed by atoms with Gasteiger partial charge in [-0.15, -0.1) is 0 Å². The minimum Gasteiger partial charge on any atom is -0.493 e. The number of rotatable bonds is 8. The van der Waals surface area contributed by atoms with Crippen molar-refractivity contribution < 1.29 is 36.0 Å². The van der Waals surface area contributed by atoms with E-state index >= 15 is 0 Å². The number of nitrogens with zero attached hydrogens (tertiary/aromatic N) is 1. The van der Waals surface area contributed by atoms with E-state index in [0.29, 0.717) is 22.6 Å². The van der Waals surface area contributed by atoms with Gasteiger partial charge in [0.15, 0.2) is 23.0 Å². The van der Waals surface area contributed by atoms with Gasteiger partial charge in [-0.1, -0.05) is 6.07 Å². The Kier molecular flexibility index (Phi) is 6.83. The summed E-state index contributed by atoms with van der Waals surface area (Å²) in [4.78, 5) is 14.7. The molecular weight excluding hydrogens is 477 g/mol. The van der Waals surface area contributed by atoms with E-state index < -0.39 is 15.9 Å². The molecule has 4 rings (SSSR count). The van der Waals surface area contributed by atoms with Crippen molar-refractivity contribution in [3.05, 3.63) is 77.6 Å². The number of benzene rings is 3. The van der Waals surface area contributed by atoms with Crippen LogP contribution in [0.25, 0.3) is 0 Å². The lowest BCUT2D eigenvalue weighted by Crippen LogP contribution is -2.36. The predicted molar refractivity (Wildman–Crippen MR) is 125 cm³/mol. The molecule has 0 unspecified atom stereocenters. The lowest BCUT2D eigenvalue weighted by Gasteiger charge is -2.27. The molecule has 1 aliphatic rings. The maximum Gasteiger partial charge on any atom is 0.339 e. The number of carbonyl (C=O) groups is 1. The van der Waals surface area contributed by atoms with Gasteiger partial charge in [0.25, 0.3) is 5.91 Å².